The first-order chi connectivity index (χ1) is 10.7. The van der Waals surface area contributed by atoms with Gasteiger partial charge in [-0.25, -0.2) is 0 Å². The van der Waals surface area contributed by atoms with E-state index in [1.54, 1.807) is 24.3 Å². The Morgan fingerprint density at radius 2 is 1.86 bits per heavy atom. The van der Waals surface area contributed by atoms with Crippen molar-refractivity contribution in [3.63, 3.8) is 0 Å². The SMILES string of the molecule is O=C(c1ccc(Cl)cc1)N1CCO[C@H](Cc2ccccc2)C1. The number of rotatable bonds is 3. The first-order valence-corrected chi connectivity index (χ1v) is 7.80. The number of carbonyl (C=O) groups is 1. The van der Waals surface area contributed by atoms with E-state index in [9.17, 15) is 4.79 Å². The van der Waals surface area contributed by atoms with Crippen molar-refractivity contribution >= 4 is 17.5 Å². The number of hydrogen-bond acceptors (Lipinski definition) is 2. The molecule has 0 aliphatic carbocycles. The molecule has 1 atom stereocenters. The Morgan fingerprint density at radius 1 is 1.14 bits per heavy atom. The Bertz CT molecular complexity index is 627. The van der Waals surface area contributed by atoms with Gasteiger partial charge in [-0.15, -0.1) is 0 Å². The number of amides is 1. The highest BCUT2D eigenvalue weighted by Crippen LogP contribution is 2.16. The molecule has 1 fully saturated rings. The van der Waals surface area contributed by atoms with E-state index < -0.39 is 0 Å². The van der Waals surface area contributed by atoms with Gasteiger partial charge in [-0.1, -0.05) is 41.9 Å². The number of ether oxygens (including phenoxy) is 1. The van der Waals surface area contributed by atoms with Crippen LogP contribution in [0.3, 0.4) is 0 Å². The van der Waals surface area contributed by atoms with Crippen LogP contribution in [0.4, 0.5) is 0 Å². The molecule has 0 unspecified atom stereocenters. The molecule has 0 radical (unpaired) electrons. The Labute approximate surface area is 135 Å². The number of morpholine rings is 1. The van der Waals surface area contributed by atoms with E-state index in [0.29, 0.717) is 30.3 Å². The highest BCUT2D eigenvalue weighted by atomic mass is 35.5. The summed E-state index contributed by atoms with van der Waals surface area (Å²) in [5, 5.41) is 0.639. The molecule has 0 N–H and O–H groups in total. The quantitative estimate of drug-likeness (QED) is 0.868. The zero-order valence-electron chi connectivity index (χ0n) is 12.2. The number of nitrogens with zero attached hydrogens (tertiary/aromatic N) is 1. The zero-order valence-corrected chi connectivity index (χ0v) is 13.0. The van der Waals surface area contributed by atoms with Crippen LogP contribution in [0.1, 0.15) is 15.9 Å². The van der Waals surface area contributed by atoms with E-state index in [1.807, 2.05) is 23.1 Å². The summed E-state index contributed by atoms with van der Waals surface area (Å²) in [5.74, 6) is 0.0398. The lowest BCUT2D eigenvalue weighted by atomic mass is 10.1. The van der Waals surface area contributed by atoms with Crippen LogP contribution < -0.4 is 0 Å². The first-order valence-electron chi connectivity index (χ1n) is 7.43. The lowest BCUT2D eigenvalue weighted by Gasteiger charge is -2.33. The molecule has 2 aromatic rings. The van der Waals surface area contributed by atoms with Crippen molar-refractivity contribution < 1.29 is 9.53 Å². The molecule has 3 nitrogen and oxygen atoms in total. The van der Waals surface area contributed by atoms with Gasteiger partial charge in [-0.2, -0.15) is 0 Å². The summed E-state index contributed by atoms with van der Waals surface area (Å²) in [4.78, 5) is 14.4. The monoisotopic (exact) mass is 315 g/mol. The highest BCUT2D eigenvalue weighted by molar-refractivity contribution is 6.30. The second kappa shape index (κ2) is 6.95. The van der Waals surface area contributed by atoms with Gasteiger partial charge in [0.2, 0.25) is 0 Å². The Balaban J connectivity index is 1.65. The number of benzene rings is 2. The fourth-order valence-corrected chi connectivity index (χ4v) is 2.81. The van der Waals surface area contributed by atoms with Crippen molar-refractivity contribution in [2.75, 3.05) is 19.7 Å². The molecule has 1 aliphatic rings. The third-order valence-corrected chi connectivity index (χ3v) is 4.08. The first kappa shape index (κ1) is 15.1. The van der Waals surface area contributed by atoms with E-state index in [2.05, 4.69) is 12.1 Å². The number of carbonyl (C=O) groups excluding carboxylic acids is 1. The summed E-state index contributed by atoms with van der Waals surface area (Å²) in [5.41, 5.74) is 1.90. The summed E-state index contributed by atoms with van der Waals surface area (Å²) in [6, 6.07) is 17.3. The van der Waals surface area contributed by atoms with Gasteiger partial charge >= 0.3 is 0 Å². The van der Waals surface area contributed by atoms with Crippen LogP contribution in [0, 0.1) is 0 Å². The molecule has 1 saturated heterocycles. The number of hydrogen-bond donors (Lipinski definition) is 0. The second-order valence-corrected chi connectivity index (χ2v) is 5.88. The van der Waals surface area contributed by atoms with Crippen molar-refractivity contribution in [3.8, 4) is 0 Å². The fraction of sp³-hybridized carbons (Fsp3) is 0.278. The summed E-state index contributed by atoms with van der Waals surface area (Å²) in [7, 11) is 0. The van der Waals surface area contributed by atoms with Gasteiger partial charge < -0.3 is 9.64 Å². The smallest absolute Gasteiger partial charge is 0.254 e. The van der Waals surface area contributed by atoms with Crippen LogP contribution in [-0.2, 0) is 11.2 Å². The van der Waals surface area contributed by atoms with Gasteiger partial charge in [0.1, 0.15) is 0 Å². The minimum Gasteiger partial charge on any atom is -0.374 e. The molecular weight excluding hydrogens is 298 g/mol. The predicted octanol–water partition coefficient (Wildman–Crippen LogP) is 3.42. The third kappa shape index (κ3) is 3.67. The average molecular weight is 316 g/mol. The summed E-state index contributed by atoms with van der Waals surface area (Å²) >= 11 is 5.87. The Kier molecular flexibility index (Phi) is 4.76. The van der Waals surface area contributed by atoms with Gasteiger partial charge in [0.05, 0.1) is 12.7 Å². The molecule has 22 heavy (non-hydrogen) atoms. The molecule has 1 aliphatic heterocycles. The molecule has 0 aromatic heterocycles. The molecule has 4 heteroatoms. The van der Waals surface area contributed by atoms with Crippen LogP contribution in [0.2, 0.25) is 5.02 Å². The summed E-state index contributed by atoms with van der Waals surface area (Å²) in [6.45, 7) is 1.83. The van der Waals surface area contributed by atoms with Crippen LogP contribution in [0.15, 0.2) is 54.6 Å². The van der Waals surface area contributed by atoms with E-state index in [-0.39, 0.29) is 12.0 Å². The highest BCUT2D eigenvalue weighted by Gasteiger charge is 2.25. The van der Waals surface area contributed by atoms with Crippen molar-refractivity contribution in [3.05, 3.63) is 70.7 Å². The summed E-state index contributed by atoms with van der Waals surface area (Å²) in [6.07, 6.45) is 0.873. The van der Waals surface area contributed by atoms with Gasteiger partial charge in [0, 0.05) is 30.1 Å². The lowest BCUT2D eigenvalue weighted by Crippen LogP contribution is -2.46. The topological polar surface area (TPSA) is 29.5 Å². The normalized spacial score (nSPS) is 18.2. The van der Waals surface area contributed by atoms with Crippen LogP contribution in [0.25, 0.3) is 0 Å². The van der Waals surface area contributed by atoms with Gasteiger partial charge in [-0.3, -0.25) is 4.79 Å². The van der Waals surface area contributed by atoms with Crippen molar-refractivity contribution in [1.82, 2.24) is 4.90 Å². The van der Waals surface area contributed by atoms with Gasteiger partial charge in [-0.05, 0) is 29.8 Å². The number of halogens is 1. The second-order valence-electron chi connectivity index (χ2n) is 5.44. The minimum atomic E-state index is 0.0398. The van der Waals surface area contributed by atoms with E-state index >= 15 is 0 Å². The largest absolute Gasteiger partial charge is 0.374 e. The fourth-order valence-electron chi connectivity index (χ4n) is 2.68. The van der Waals surface area contributed by atoms with Crippen LogP contribution in [0.5, 0.6) is 0 Å². The average Bonchev–Trinajstić information content (AvgIpc) is 2.56. The molecule has 3 rings (SSSR count). The standard InChI is InChI=1S/C18H18ClNO2/c19-16-8-6-15(7-9-16)18(21)20-10-11-22-17(13-20)12-14-4-2-1-3-5-14/h1-9,17H,10-13H2/t17-/m1/s1. The van der Waals surface area contributed by atoms with E-state index in [4.69, 9.17) is 16.3 Å². The lowest BCUT2D eigenvalue weighted by molar-refractivity contribution is -0.0208. The molecule has 0 bridgehead atoms. The van der Waals surface area contributed by atoms with Crippen molar-refractivity contribution in [2.24, 2.45) is 0 Å². The van der Waals surface area contributed by atoms with Crippen molar-refractivity contribution in [1.29, 1.82) is 0 Å². The molecule has 0 saturated carbocycles. The molecule has 0 spiro atoms. The third-order valence-electron chi connectivity index (χ3n) is 3.82. The maximum atomic E-state index is 12.5. The van der Waals surface area contributed by atoms with Crippen LogP contribution >= 0.6 is 11.6 Å². The summed E-state index contributed by atoms with van der Waals surface area (Å²) < 4.78 is 5.80. The predicted molar refractivity (Wildman–Crippen MR) is 87.2 cm³/mol. The minimum absolute atomic E-state index is 0.0398. The van der Waals surface area contributed by atoms with Gasteiger partial charge in [0.25, 0.3) is 5.91 Å². The Hall–Kier alpha value is -1.84. The molecular formula is C18H18ClNO2. The molecule has 1 amide bonds. The Morgan fingerprint density at radius 3 is 2.59 bits per heavy atom. The van der Waals surface area contributed by atoms with Crippen LogP contribution in [-0.4, -0.2) is 36.6 Å². The molecule has 1 heterocycles. The van der Waals surface area contributed by atoms with E-state index in [1.165, 1.54) is 5.56 Å². The maximum Gasteiger partial charge on any atom is 0.254 e. The maximum absolute atomic E-state index is 12.5. The van der Waals surface area contributed by atoms with Gasteiger partial charge in [0.15, 0.2) is 0 Å². The zero-order chi connectivity index (χ0) is 15.4. The van der Waals surface area contributed by atoms with E-state index in [0.717, 1.165) is 6.42 Å². The van der Waals surface area contributed by atoms with Crippen molar-refractivity contribution in [2.45, 2.75) is 12.5 Å². The molecule has 2 aromatic carbocycles. The molecule has 114 valence electrons.